The van der Waals surface area contributed by atoms with Crippen molar-refractivity contribution >= 4 is 5.97 Å². The lowest BCUT2D eigenvalue weighted by molar-refractivity contribution is -0.148. The molecule has 0 N–H and O–H groups in total. The highest BCUT2D eigenvalue weighted by atomic mass is 16.6. The van der Waals surface area contributed by atoms with E-state index in [9.17, 15) is 4.79 Å². The topological polar surface area (TPSA) is 44.8 Å². The zero-order chi connectivity index (χ0) is 9.68. The first-order valence-electron chi connectivity index (χ1n) is 4.51. The molecule has 2 atom stereocenters. The standard InChI is InChI=1S/C9H16O4/c1-7(9(10)11-2)5-8-6-12-3-4-13-8/h7-8H,3-6H2,1-2H3/t7-,8+/m1/s1. The fraction of sp³-hybridized carbons (Fsp3) is 0.889. The molecule has 0 aromatic heterocycles. The Morgan fingerprint density at radius 3 is 2.92 bits per heavy atom. The molecule has 0 aromatic carbocycles. The second-order valence-corrected chi connectivity index (χ2v) is 3.23. The van der Waals surface area contributed by atoms with Crippen molar-refractivity contribution in [3.8, 4) is 0 Å². The van der Waals surface area contributed by atoms with E-state index in [0.29, 0.717) is 26.2 Å². The van der Waals surface area contributed by atoms with Gasteiger partial charge >= 0.3 is 5.97 Å². The van der Waals surface area contributed by atoms with Gasteiger partial charge in [0, 0.05) is 0 Å². The SMILES string of the molecule is COC(=O)[C@H](C)C[C@H]1COCCO1. The van der Waals surface area contributed by atoms with Crippen LogP contribution in [-0.4, -0.2) is 39.0 Å². The van der Waals surface area contributed by atoms with E-state index in [1.54, 1.807) is 0 Å². The molecule has 1 rings (SSSR count). The predicted molar refractivity (Wildman–Crippen MR) is 46.4 cm³/mol. The molecular weight excluding hydrogens is 172 g/mol. The second-order valence-electron chi connectivity index (χ2n) is 3.23. The van der Waals surface area contributed by atoms with E-state index >= 15 is 0 Å². The predicted octanol–water partition coefficient (Wildman–Crippen LogP) is 0.601. The van der Waals surface area contributed by atoms with E-state index in [1.807, 2.05) is 6.92 Å². The summed E-state index contributed by atoms with van der Waals surface area (Å²) in [4.78, 5) is 11.1. The largest absolute Gasteiger partial charge is 0.469 e. The minimum absolute atomic E-state index is 0.0443. The zero-order valence-corrected chi connectivity index (χ0v) is 8.12. The second kappa shape index (κ2) is 5.19. The molecule has 0 unspecified atom stereocenters. The number of rotatable bonds is 3. The monoisotopic (exact) mass is 188 g/mol. The number of carbonyl (C=O) groups excluding carboxylic acids is 1. The van der Waals surface area contributed by atoms with Crippen molar-refractivity contribution in [3.63, 3.8) is 0 Å². The highest BCUT2D eigenvalue weighted by Gasteiger charge is 2.21. The van der Waals surface area contributed by atoms with Gasteiger partial charge in [0.1, 0.15) is 0 Å². The number of carbonyl (C=O) groups is 1. The van der Waals surface area contributed by atoms with E-state index < -0.39 is 0 Å². The molecule has 1 saturated heterocycles. The average Bonchev–Trinajstić information content (AvgIpc) is 2.18. The van der Waals surface area contributed by atoms with Crippen molar-refractivity contribution in [3.05, 3.63) is 0 Å². The van der Waals surface area contributed by atoms with Crippen LogP contribution in [0, 0.1) is 5.92 Å². The van der Waals surface area contributed by atoms with Gasteiger partial charge in [0.15, 0.2) is 0 Å². The molecule has 4 nitrogen and oxygen atoms in total. The normalized spacial score (nSPS) is 25.2. The fourth-order valence-corrected chi connectivity index (χ4v) is 1.36. The maximum absolute atomic E-state index is 11.1. The molecule has 4 heteroatoms. The van der Waals surface area contributed by atoms with Gasteiger partial charge in [0.2, 0.25) is 0 Å². The van der Waals surface area contributed by atoms with E-state index in [2.05, 4.69) is 4.74 Å². The Bertz CT molecular complexity index is 163. The Kier molecular flexibility index (Phi) is 4.18. The molecule has 1 fully saturated rings. The van der Waals surface area contributed by atoms with Crippen LogP contribution in [-0.2, 0) is 19.0 Å². The molecule has 0 radical (unpaired) electrons. The molecule has 0 aliphatic carbocycles. The smallest absolute Gasteiger partial charge is 0.308 e. The molecular formula is C9H16O4. The molecule has 13 heavy (non-hydrogen) atoms. The van der Waals surface area contributed by atoms with Crippen LogP contribution in [0.5, 0.6) is 0 Å². The molecule has 1 heterocycles. The molecule has 76 valence electrons. The van der Waals surface area contributed by atoms with E-state index in [0.717, 1.165) is 0 Å². The summed E-state index contributed by atoms with van der Waals surface area (Å²) in [6.07, 6.45) is 0.718. The Balaban J connectivity index is 2.25. The maximum atomic E-state index is 11.1. The summed E-state index contributed by atoms with van der Waals surface area (Å²) in [5.74, 6) is -0.300. The number of esters is 1. The van der Waals surface area contributed by atoms with E-state index in [4.69, 9.17) is 9.47 Å². The van der Waals surface area contributed by atoms with Crippen LogP contribution in [0.3, 0.4) is 0 Å². The van der Waals surface area contributed by atoms with Gasteiger partial charge in [-0.15, -0.1) is 0 Å². The first-order valence-corrected chi connectivity index (χ1v) is 4.51. The average molecular weight is 188 g/mol. The van der Waals surface area contributed by atoms with Crippen LogP contribution >= 0.6 is 0 Å². The van der Waals surface area contributed by atoms with Crippen LogP contribution in [0.1, 0.15) is 13.3 Å². The molecule has 0 spiro atoms. The number of ether oxygens (including phenoxy) is 3. The molecule has 0 bridgehead atoms. The van der Waals surface area contributed by atoms with Gasteiger partial charge in [-0.2, -0.15) is 0 Å². The Morgan fingerprint density at radius 2 is 2.38 bits per heavy atom. The lowest BCUT2D eigenvalue weighted by atomic mass is 10.0. The van der Waals surface area contributed by atoms with Crippen molar-refractivity contribution in [1.29, 1.82) is 0 Å². The van der Waals surface area contributed by atoms with Gasteiger partial charge in [0.05, 0.1) is 39.0 Å². The molecule has 0 saturated carbocycles. The van der Waals surface area contributed by atoms with Crippen LogP contribution < -0.4 is 0 Å². The lowest BCUT2D eigenvalue weighted by Crippen LogP contribution is -2.31. The number of hydrogen-bond donors (Lipinski definition) is 0. The highest BCUT2D eigenvalue weighted by Crippen LogP contribution is 2.13. The van der Waals surface area contributed by atoms with Gasteiger partial charge in [-0.1, -0.05) is 6.92 Å². The molecule has 1 aliphatic rings. The van der Waals surface area contributed by atoms with Crippen molar-refractivity contribution < 1.29 is 19.0 Å². The third-order valence-corrected chi connectivity index (χ3v) is 2.10. The summed E-state index contributed by atoms with van der Waals surface area (Å²) in [5.41, 5.74) is 0. The summed E-state index contributed by atoms with van der Waals surface area (Å²) in [6, 6.07) is 0. The summed E-state index contributed by atoms with van der Waals surface area (Å²) < 4.78 is 15.2. The summed E-state index contributed by atoms with van der Waals surface area (Å²) >= 11 is 0. The van der Waals surface area contributed by atoms with Crippen molar-refractivity contribution in [2.24, 2.45) is 5.92 Å². The molecule has 0 aromatic rings. The van der Waals surface area contributed by atoms with E-state index in [-0.39, 0.29) is 18.0 Å². The first-order chi connectivity index (χ1) is 6.24. The quantitative estimate of drug-likeness (QED) is 0.608. The number of methoxy groups -OCH3 is 1. The first kappa shape index (κ1) is 10.5. The van der Waals surface area contributed by atoms with Crippen molar-refractivity contribution in [1.82, 2.24) is 0 Å². The highest BCUT2D eigenvalue weighted by molar-refractivity contribution is 5.71. The summed E-state index contributed by atoms with van der Waals surface area (Å²) in [7, 11) is 1.40. The molecule has 1 aliphatic heterocycles. The molecule has 0 amide bonds. The van der Waals surface area contributed by atoms with Crippen LogP contribution in [0.2, 0.25) is 0 Å². The van der Waals surface area contributed by atoms with Gasteiger partial charge in [0.25, 0.3) is 0 Å². The Morgan fingerprint density at radius 1 is 1.62 bits per heavy atom. The van der Waals surface area contributed by atoms with Gasteiger partial charge in [-0.05, 0) is 6.42 Å². The third kappa shape index (κ3) is 3.32. The van der Waals surface area contributed by atoms with Crippen LogP contribution in [0.25, 0.3) is 0 Å². The van der Waals surface area contributed by atoms with Gasteiger partial charge < -0.3 is 14.2 Å². The maximum Gasteiger partial charge on any atom is 0.308 e. The zero-order valence-electron chi connectivity index (χ0n) is 8.12. The fourth-order valence-electron chi connectivity index (χ4n) is 1.36. The van der Waals surface area contributed by atoms with Crippen LogP contribution in [0.15, 0.2) is 0 Å². The third-order valence-electron chi connectivity index (χ3n) is 2.10. The van der Waals surface area contributed by atoms with Gasteiger partial charge in [-0.3, -0.25) is 4.79 Å². The lowest BCUT2D eigenvalue weighted by Gasteiger charge is -2.24. The van der Waals surface area contributed by atoms with E-state index in [1.165, 1.54) is 7.11 Å². The van der Waals surface area contributed by atoms with Crippen molar-refractivity contribution in [2.75, 3.05) is 26.9 Å². The minimum atomic E-state index is -0.186. The Hall–Kier alpha value is -0.610. The van der Waals surface area contributed by atoms with Crippen molar-refractivity contribution in [2.45, 2.75) is 19.4 Å². The van der Waals surface area contributed by atoms with Gasteiger partial charge in [-0.25, -0.2) is 0 Å². The summed E-state index contributed by atoms with van der Waals surface area (Å²) in [5, 5.41) is 0. The van der Waals surface area contributed by atoms with Crippen LogP contribution in [0.4, 0.5) is 0 Å². The summed E-state index contributed by atoms with van der Waals surface area (Å²) in [6.45, 7) is 3.70. The number of hydrogen-bond acceptors (Lipinski definition) is 4. The minimum Gasteiger partial charge on any atom is -0.469 e. The Labute approximate surface area is 78.2 Å².